The summed E-state index contributed by atoms with van der Waals surface area (Å²) in [4.78, 5) is 32.9. The van der Waals surface area contributed by atoms with E-state index in [4.69, 9.17) is 5.11 Å². The number of benzene rings is 1. The number of aromatic nitrogens is 2. The van der Waals surface area contributed by atoms with E-state index in [1.807, 2.05) is 25.1 Å². The molecule has 1 atom stereocenters. The first-order chi connectivity index (χ1) is 11.5. The second kappa shape index (κ2) is 6.56. The first kappa shape index (κ1) is 16.4. The summed E-state index contributed by atoms with van der Waals surface area (Å²) >= 11 is 3.45. The lowest BCUT2D eigenvalue weighted by atomic mass is 10.2. The van der Waals surface area contributed by atoms with Gasteiger partial charge in [0.05, 0.1) is 12.4 Å². The standard InChI is InChI=1S/C16H15BrN4O3/c1-9-6-10(2-3-11(9)17)21-5-4-12(15(21)22)20-14-8-18-13(7-19-14)16(23)24/h2-3,6-8,12H,4-5H2,1H3,(H,19,20)(H,23,24). The van der Waals surface area contributed by atoms with E-state index in [1.165, 1.54) is 12.4 Å². The molecule has 1 aromatic heterocycles. The van der Waals surface area contributed by atoms with Gasteiger partial charge >= 0.3 is 5.97 Å². The minimum Gasteiger partial charge on any atom is -0.476 e. The molecule has 0 saturated carbocycles. The van der Waals surface area contributed by atoms with Crippen LogP contribution in [0.25, 0.3) is 0 Å². The van der Waals surface area contributed by atoms with E-state index in [-0.39, 0.29) is 11.6 Å². The number of hydrogen-bond acceptors (Lipinski definition) is 5. The molecular formula is C16H15BrN4O3. The highest BCUT2D eigenvalue weighted by atomic mass is 79.9. The maximum absolute atomic E-state index is 12.6. The highest BCUT2D eigenvalue weighted by Gasteiger charge is 2.32. The number of aromatic carboxylic acids is 1. The molecule has 7 nitrogen and oxygen atoms in total. The quantitative estimate of drug-likeness (QED) is 0.832. The Morgan fingerprint density at radius 2 is 2.17 bits per heavy atom. The van der Waals surface area contributed by atoms with Gasteiger partial charge in [-0.2, -0.15) is 0 Å². The summed E-state index contributed by atoms with van der Waals surface area (Å²) in [5, 5.41) is 11.8. The zero-order chi connectivity index (χ0) is 17.3. The van der Waals surface area contributed by atoms with Crippen molar-refractivity contribution < 1.29 is 14.7 Å². The number of nitrogens with zero attached hydrogens (tertiary/aromatic N) is 3. The van der Waals surface area contributed by atoms with Gasteiger partial charge < -0.3 is 15.3 Å². The molecule has 2 aromatic rings. The second-order valence-electron chi connectivity index (χ2n) is 5.50. The molecule has 124 valence electrons. The van der Waals surface area contributed by atoms with Crippen LogP contribution in [0.1, 0.15) is 22.5 Å². The van der Waals surface area contributed by atoms with Crippen LogP contribution in [0.5, 0.6) is 0 Å². The van der Waals surface area contributed by atoms with Crippen molar-refractivity contribution in [2.24, 2.45) is 0 Å². The third kappa shape index (κ3) is 3.23. The molecule has 24 heavy (non-hydrogen) atoms. The number of carbonyl (C=O) groups is 2. The number of halogens is 1. The fourth-order valence-electron chi connectivity index (χ4n) is 2.56. The van der Waals surface area contributed by atoms with Crippen LogP contribution in [0.2, 0.25) is 0 Å². The van der Waals surface area contributed by atoms with Gasteiger partial charge in [-0.3, -0.25) is 4.79 Å². The fraction of sp³-hybridized carbons (Fsp3) is 0.250. The minimum atomic E-state index is -1.14. The Balaban J connectivity index is 1.71. The van der Waals surface area contributed by atoms with Crippen molar-refractivity contribution >= 4 is 39.3 Å². The van der Waals surface area contributed by atoms with Crippen molar-refractivity contribution in [3.8, 4) is 0 Å². The molecule has 0 bridgehead atoms. The molecule has 1 aliphatic rings. The molecule has 1 aliphatic heterocycles. The van der Waals surface area contributed by atoms with Gasteiger partial charge in [-0.25, -0.2) is 14.8 Å². The Hall–Kier alpha value is -2.48. The SMILES string of the molecule is Cc1cc(N2CCC(Nc3cnc(C(=O)O)cn3)C2=O)ccc1Br. The first-order valence-electron chi connectivity index (χ1n) is 7.35. The Morgan fingerprint density at radius 1 is 1.38 bits per heavy atom. The summed E-state index contributed by atoms with van der Waals surface area (Å²) in [6.45, 7) is 2.58. The van der Waals surface area contributed by atoms with Gasteiger partial charge in [-0.1, -0.05) is 15.9 Å². The number of aryl methyl sites for hydroxylation is 1. The number of carbonyl (C=O) groups excluding carboxylic acids is 1. The summed E-state index contributed by atoms with van der Waals surface area (Å²) < 4.78 is 1.00. The van der Waals surface area contributed by atoms with Crippen LogP contribution in [0.3, 0.4) is 0 Å². The zero-order valence-corrected chi connectivity index (χ0v) is 14.4. The van der Waals surface area contributed by atoms with E-state index in [9.17, 15) is 9.59 Å². The van der Waals surface area contributed by atoms with E-state index < -0.39 is 12.0 Å². The lowest BCUT2D eigenvalue weighted by Gasteiger charge is -2.18. The van der Waals surface area contributed by atoms with Crippen LogP contribution in [-0.4, -0.2) is 39.5 Å². The number of anilines is 2. The van der Waals surface area contributed by atoms with Crippen molar-refractivity contribution in [3.05, 3.63) is 46.3 Å². The number of rotatable bonds is 4. The van der Waals surface area contributed by atoms with Crippen LogP contribution >= 0.6 is 15.9 Å². The van der Waals surface area contributed by atoms with E-state index in [2.05, 4.69) is 31.2 Å². The highest BCUT2D eigenvalue weighted by Crippen LogP contribution is 2.27. The maximum Gasteiger partial charge on any atom is 0.356 e. The molecule has 8 heteroatoms. The van der Waals surface area contributed by atoms with Crippen LogP contribution in [0.15, 0.2) is 35.1 Å². The Kier molecular flexibility index (Phi) is 4.48. The van der Waals surface area contributed by atoms with E-state index >= 15 is 0 Å². The molecule has 1 amide bonds. The second-order valence-corrected chi connectivity index (χ2v) is 6.36. The van der Waals surface area contributed by atoms with E-state index in [0.29, 0.717) is 18.8 Å². The molecule has 0 spiro atoms. The molecule has 0 radical (unpaired) electrons. The third-order valence-corrected chi connectivity index (χ3v) is 4.74. The van der Waals surface area contributed by atoms with Crippen molar-refractivity contribution in [1.82, 2.24) is 9.97 Å². The lowest BCUT2D eigenvalue weighted by molar-refractivity contribution is -0.117. The number of amides is 1. The average molecular weight is 391 g/mol. The van der Waals surface area contributed by atoms with Crippen LogP contribution < -0.4 is 10.2 Å². The van der Waals surface area contributed by atoms with Crippen LogP contribution in [0, 0.1) is 6.92 Å². The summed E-state index contributed by atoms with van der Waals surface area (Å²) in [5.41, 5.74) is 1.79. The molecule has 1 saturated heterocycles. The number of nitrogens with one attached hydrogen (secondary N) is 1. The fourth-order valence-corrected chi connectivity index (χ4v) is 2.81. The number of hydrogen-bond donors (Lipinski definition) is 2. The van der Waals surface area contributed by atoms with Crippen LogP contribution in [-0.2, 0) is 4.79 Å². The average Bonchev–Trinajstić information content (AvgIpc) is 2.91. The Labute approximate surface area is 146 Å². The summed E-state index contributed by atoms with van der Waals surface area (Å²) in [6, 6.07) is 5.39. The third-order valence-electron chi connectivity index (χ3n) is 3.85. The Morgan fingerprint density at radius 3 is 2.79 bits per heavy atom. The van der Waals surface area contributed by atoms with Crippen molar-refractivity contribution in [2.45, 2.75) is 19.4 Å². The zero-order valence-electron chi connectivity index (χ0n) is 12.9. The van der Waals surface area contributed by atoms with Gasteiger partial charge in [0.25, 0.3) is 0 Å². The molecule has 3 rings (SSSR count). The molecule has 1 aromatic carbocycles. The smallest absolute Gasteiger partial charge is 0.356 e. The highest BCUT2D eigenvalue weighted by molar-refractivity contribution is 9.10. The van der Waals surface area contributed by atoms with Gasteiger partial charge in [0.15, 0.2) is 5.69 Å². The predicted molar refractivity (Wildman–Crippen MR) is 92.3 cm³/mol. The van der Waals surface area contributed by atoms with Gasteiger partial charge in [0, 0.05) is 16.7 Å². The molecule has 1 unspecified atom stereocenters. The summed E-state index contributed by atoms with van der Waals surface area (Å²) in [6.07, 6.45) is 3.12. The topological polar surface area (TPSA) is 95.4 Å². The molecule has 2 heterocycles. The summed E-state index contributed by atoms with van der Waals surface area (Å²) in [7, 11) is 0. The molecule has 1 fully saturated rings. The van der Waals surface area contributed by atoms with Crippen molar-refractivity contribution in [3.63, 3.8) is 0 Å². The Bertz CT molecular complexity index is 794. The summed E-state index contributed by atoms with van der Waals surface area (Å²) in [5.74, 6) is -0.796. The van der Waals surface area contributed by atoms with E-state index in [1.54, 1.807) is 4.90 Å². The van der Waals surface area contributed by atoms with Gasteiger partial charge in [0.2, 0.25) is 5.91 Å². The number of carboxylic acid groups (broad SMARTS) is 1. The van der Waals surface area contributed by atoms with Crippen molar-refractivity contribution in [2.75, 3.05) is 16.8 Å². The van der Waals surface area contributed by atoms with E-state index in [0.717, 1.165) is 15.7 Å². The van der Waals surface area contributed by atoms with Gasteiger partial charge in [-0.15, -0.1) is 0 Å². The molecular weight excluding hydrogens is 376 g/mol. The maximum atomic E-state index is 12.6. The predicted octanol–water partition coefficient (Wildman–Crippen LogP) is 2.46. The largest absolute Gasteiger partial charge is 0.476 e. The minimum absolute atomic E-state index is 0.0409. The van der Waals surface area contributed by atoms with Crippen molar-refractivity contribution in [1.29, 1.82) is 0 Å². The lowest BCUT2D eigenvalue weighted by Crippen LogP contribution is -2.33. The van der Waals surface area contributed by atoms with Gasteiger partial charge in [-0.05, 0) is 37.1 Å². The first-order valence-corrected chi connectivity index (χ1v) is 8.14. The normalized spacial score (nSPS) is 17.2. The van der Waals surface area contributed by atoms with Gasteiger partial charge in [0.1, 0.15) is 11.9 Å². The molecule has 2 N–H and O–H groups in total. The van der Waals surface area contributed by atoms with Crippen LogP contribution in [0.4, 0.5) is 11.5 Å². The monoisotopic (exact) mass is 390 g/mol. The number of carboxylic acids is 1. The molecule has 0 aliphatic carbocycles.